The van der Waals surface area contributed by atoms with E-state index in [0.29, 0.717) is 18.6 Å². The number of aliphatic hydroxyl groups is 2. The van der Waals surface area contributed by atoms with Crippen molar-refractivity contribution < 1.29 is 19.7 Å². The zero-order valence-electron chi connectivity index (χ0n) is 13.6. The molecule has 0 saturated heterocycles. The highest BCUT2D eigenvalue weighted by Gasteiger charge is 2.11. The molecule has 0 bridgehead atoms. The minimum atomic E-state index is -0.981. The lowest BCUT2D eigenvalue weighted by Crippen LogP contribution is -2.18. The Balaban J connectivity index is 3.36. The third kappa shape index (κ3) is 12.6. The number of allylic oxidation sites excluding steroid dienone is 1. The van der Waals surface area contributed by atoms with Crippen LogP contribution in [0.2, 0.25) is 0 Å². The molecule has 0 aromatic rings. The van der Waals surface area contributed by atoms with Crippen molar-refractivity contribution in [3.05, 3.63) is 11.6 Å². The van der Waals surface area contributed by atoms with Crippen molar-refractivity contribution in [2.24, 2.45) is 0 Å². The summed E-state index contributed by atoms with van der Waals surface area (Å²) in [5, 5.41) is 18.3. The number of esters is 1. The van der Waals surface area contributed by atoms with Crippen LogP contribution in [-0.2, 0) is 9.53 Å². The Morgan fingerprint density at radius 1 is 1.00 bits per heavy atom. The average Bonchev–Trinajstić information content (AvgIpc) is 2.48. The van der Waals surface area contributed by atoms with Crippen molar-refractivity contribution in [3.8, 4) is 0 Å². The summed E-state index contributed by atoms with van der Waals surface area (Å²) in [6.07, 6.45) is 11.3. The van der Waals surface area contributed by atoms with Crippen molar-refractivity contribution in [2.45, 2.75) is 84.3 Å². The van der Waals surface area contributed by atoms with Gasteiger partial charge < -0.3 is 14.9 Å². The standard InChI is InChI=1S/C17H32O4/c1-3-15(2)17(20)21-16(19)13-11-9-7-5-4-6-8-10-12-14-18/h3,16,18-19H,4-14H2,1-2H3. The quantitative estimate of drug-likeness (QED) is 0.235. The van der Waals surface area contributed by atoms with Gasteiger partial charge in [0, 0.05) is 18.6 Å². The first-order valence-electron chi connectivity index (χ1n) is 8.24. The first-order valence-corrected chi connectivity index (χ1v) is 8.24. The maximum Gasteiger partial charge on any atom is 0.335 e. The fourth-order valence-electron chi connectivity index (χ4n) is 2.06. The minimum absolute atomic E-state index is 0.306. The predicted molar refractivity (Wildman–Crippen MR) is 84.8 cm³/mol. The average molecular weight is 300 g/mol. The van der Waals surface area contributed by atoms with Gasteiger partial charge >= 0.3 is 5.97 Å². The minimum Gasteiger partial charge on any atom is -0.433 e. The second-order valence-electron chi connectivity index (χ2n) is 5.53. The van der Waals surface area contributed by atoms with E-state index >= 15 is 0 Å². The molecule has 124 valence electrons. The first kappa shape index (κ1) is 20.1. The van der Waals surface area contributed by atoms with Crippen LogP contribution in [0.5, 0.6) is 0 Å². The Hall–Kier alpha value is -0.870. The van der Waals surface area contributed by atoms with Gasteiger partial charge in [0.2, 0.25) is 6.29 Å². The number of ether oxygens (including phenoxy) is 1. The highest BCUT2D eigenvalue weighted by atomic mass is 16.6. The molecule has 0 rings (SSSR count). The lowest BCUT2D eigenvalue weighted by molar-refractivity contribution is -0.163. The van der Waals surface area contributed by atoms with Crippen molar-refractivity contribution in [1.82, 2.24) is 0 Å². The zero-order valence-corrected chi connectivity index (χ0v) is 13.6. The zero-order chi connectivity index (χ0) is 15.9. The molecular weight excluding hydrogens is 268 g/mol. The van der Waals surface area contributed by atoms with Gasteiger partial charge in [0.25, 0.3) is 0 Å². The molecule has 1 atom stereocenters. The molecule has 0 aliphatic carbocycles. The second-order valence-corrected chi connectivity index (χ2v) is 5.53. The molecule has 0 amide bonds. The number of carbonyl (C=O) groups excluding carboxylic acids is 1. The molecule has 0 radical (unpaired) electrons. The topological polar surface area (TPSA) is 66.8 Å². The maximum atomic E-state index is 11.4. The Bertz CT molecular complexity index is 287. The van der Waals surface area contributed by atoms with E-state index in [-0.39, 0.29) is 0 Å². The largest absolute Gasteiger partial charge is 0.433 e. The number of unbranched alkanes of at least 4 members (excludes halogenated alkanes) is 8. The van der Waals surface area contributed by atoms with Gasteiger partial charge in [-0.05, 0) is 26.7 Å². The van der Waals surface area contributed by atoms with E-state index in [4.69, 9.17) is 9.84 Å². The van der Waals surface area contributed by atoms with Gasteiger partial charge in [-0.25, -0.2) is 4.79 Å². The molecule has 0 spiro atoms. The Kier molecular flexibility index (Phi) is 13.5. The molecule has 0 saturated carbocycles. The van der Waals surface area contributed by atoms with E-state index in [0.717, 1.165) is 32.1 Å². The van der Waals surface area contributed by atoms with E-state index < -0.39 is 12.3 Å². The summed E-state index contributed by atoms with van der Waals surface area (Å²) in [5.41, 5.74) is 0.523. The summed E-state index contributed by atoms with van der Waals surface area (Å²) in [7, 11) is 0. The van der Waals surface area contributed by atoms with E-state index in [2.05, 4.69) is 0 Å². The number of carbonyl (C=O) groups is 1. The number of hydrogen-bond acceptors (Lipinski definition) is 4. The van der Waals surface area contributed by atoms with Crippen LogP contribution in [0, 0.1) is 0 Å². The van der Waals surface area contributed by atoms with E-state index in [9.17, 15) is 9.90 Å². The Labute approximate surface area is 129 Å². The van der Waals surface area contributed by atoms with Crippen LogP contribution in [0.25, 0.3) is 0 Å². The molecule has 0 aromatic carbocycles. The number of aliphatic hydroxyl groups excluding tert-OH is 2. The summed E-state index contributed by atoms with van der Waals surface area (Å²) in [4.78, 5) is 11.4. The van der Waals surface area contributed by atoms with Crippen LogP contribution in [0.1, 0.15) is 78.1 Å². The first-order chi connectivity index (χ1) is 10.1. The summed E-state index contributed by atoms with van der Waals surface area (Å²) in [6.45, 7) is 3.75. The summed E-state index contributed by atoms with van der Waals surface area (Å²) < 4.78 is 4.91. The normalized spacial score (nSPS) is 13.2. The van der Waals surface area contributed by atoms with Gasteiger partial charge in [0.15, 0.2) is 0 Å². The molecule has 4 heteroatoms. The molecule has 0 aliphatic heterocycles. The van der Waals surface area contributed by atoms with Gasteiger partial charge in [-0.15, -0.1) is 0 Å². The molecule has 0 heterocycles. The lowest BCUT2D eigenvalue weighted by atomic mass is 10.1. The third-order valence-electron chi connectivity index (χ3n) is 3.61. The smallest absolute Gasteiger partial charge is 0.335 e. The molecule has 1 unspecified atom stereocenters. The molecule has 2 N–H and O–H groups in total. The summed E-state index contributed by atoms with van der Waals surface area (Å²) in [6, 6.07) is 0. The van der Waals surface area contributed by atoms with Gasteiger partial charge in [0.05, 0.1) is 0 Å². The van der Waals surface area contributed by atoms with E-state index in [1.54, 1.807) is 19.9 Å². The van der Waals surface area contributed by atoms with Crippen LogP contribution in [-0.4, -0.2) is 29.1 Å². The van der Waals surface area contributed by atoms with Crippen molar-refractivity contribution in [1.29, 1.82) is 0 Å². The van der Waals surface area contributed by atoms with Gasteiger partial charge in [0.1, 0.15) is 0 Å². The predicted octanol–water partition coefficient (Wildman–Crippen LogP) is 3.71. The van der Waals surface area contributed by atoms with Crippen LogP contribution in [0.4, 0.5) is 0 Å². The highest BCUT2D eigenvalue weighted by Crippen LogP contribution is 2.12. The van der Waals surface area contributed by atoms with E-state index in [1.807, 2.05) is 0 Å². The fraction of sp³-hybridized carbons (Fsp3) is 0.824. The summed E-state index contributed by atoms with van der Waals surface area (Å²) >= 11 is 0. The molecular formula is C17H32O4. The third-order valence-corrected chi connectivity index (χ3v) is 3.61. The lowest BCUT2D eigenvalue weighted by Gasteiger charge is -2.12. The van der Waals surface area contributed by atoms with Gasteiger partial charge in [-0.1, -0.05) is 51.0 Å². The van der Waals surface area contributed by atoms with Gasteiger partial charge in [-0.3, -0.25) is 0 Å². The van der Waals surface area contributed by atoms with Crippen LogP contribution in [0.15, 0.2) is 11.6 Å². The molecule has 4 nitrogen and oxygen atoms in total. The fourth-order valence-corrected chi connectivity index (χ4v) is 2.06. The number of rotatable bonds is 13. The highest BCUT2D eigenvalue weighted by molar-refractivity contribution is 5.87. The molecule has 0 aliphatic rings. The molecule has 0 aromatic heterocycles. The van der Waals surface area contributed by atoms with Crippen molar-refractivity contribution in [2.75, 3.05) is 6.61 Å². The van der Waals surface area contributed by atoms with E-state index in [1.165, 1.54) is 25.7 Å². The van der Waals surface area contributed by atoms with Crippen LogP contribution in [0.3, 0.4) is 0 Å². The maximum absolute atomic E-state index is 11.4. The Morgan fingerprint density at radius 2 is 1.48 bits per heavy atom. The SMILES string of the molecule is CC=C(C)C(=O)OC(O)CCCCCCCCCCCO. The monoisotopic (exact) mass is 300 g/mol. The van der Waals surface area contributed by atoms with Crippen molar-refractivity contribution >= 4 is 5.97 Å². The number of hydrogen-bond donors (Lipinski definition) is 2. The Morgan fingerprint density at radius 3 is 1.95 bits per heavy atom. The van der Waals surface area contributed by atoms with Crippen LogP contribution < -0.4 is 0 Å². The molecule has 21 heavy (non-hydrogen) atoms. The molecule has 0 fully saturated rings. The second kappa shape index (κ2) is 14.1. The van der Waals surface area contributed by atoms with Gasteiger partial charge in [-0.2, -0.15) is 0 Å². The van der Waals surface area contributed by atoms with Crippen LogP contribution >= 0.6 is 0 Å². The summed E-state index contributed by atoms with van der Waals surface area (Å²) in [5.74, 6) is -0.437. The van der Waals surface area contributed by atoms with Crippen molar-refractivity contribution in [3.63, 3.8) is 0 Å².